The fourth-order valence-corrected chi connectivity index (χ4v) is 1.73. The molecule has 0 aliphatic rings. The maximum Gasteiger partial charge on any atom is 0.327 e. The average molecular weight is 305 g/mol. The Morgan fingerprint density at radius 2 is 1.47 bits per heavy atom. The molecule has 107 valence electrons. The van der Waals surface area contributed by atoms with Crippen LogP contribution in [-0.2, 0) is 29.2 Å². The summed E-state index contributed by atoms with van der Waals surface area (Å²) in [6.45, 7) is 6.19. The first-order valence-corrected chi connectivity index (χ1v) is 6.90. The molecular formula is C10H18NaO7S. The van der Waals surface area contributed by atoms with Crippen LogP contribution in [-0.4, -0.2) is 71.9 Å². The van der Waals surface area contributed by atoms with Crippen LogP contribution in [0.3, 0.4) is 0 Å². The molecule has 0 aromatic heterocycles. The van der Waals surface area contributed by atoms with Crippen molar-refractivity contribution in [1.29, 1.82) is 0 Å². The summed E-state index contributed by atoms with van der Waals surface area (Å²) in [5.74, 6) is -2.07. The fraction of sp³-hybridized carbons (Fsp3) is 0.800. The molecule has 1 radical (unpaired) electrons. The topological polar surface area (TPSA) is 107 Å². The SMILES string of the molecule is CC(C)OC(=O)CC(C(=O)OC(C)C)S(=O)(=O)O.[Na]. The normalized spacial score (nSPS) is 12.8. The van der Waals surface area contributed by atoms with Crippen molar-refractivity contribution in [3.63, 3.8) is 0 Å². The van der Waals surface area contributed by atoms with Gasteiger partial charge in [-0.25, -0.2) is 0 Å². The van der Waals surface area contributed by atoms with Crippen molar-refractivity contribution in [2.45, 2.75) is 51.6 Å². The van der Waals surface area contributed by atoms with Crippen molar-refractivity contribution in [1.82, 2.24) is 0 Å². The van der Waals surface area contributed by atoms with E-state index in [4.69, 9.17) is 9.29 Å². The second-order valence-electron chi connectivity index (χ2n) is 4.23. The number of carbonyl (C=O) groups excluding carboxylic acids is 2. The standard InChI is InChI=1S/C10H18O7S.Na/c1-6(2)16-9(11)5-8(18(13,14)15)10(12)17-7(3)4;/h6-8H,5H2,1-4H3,(H,13,14,15);. The van der Waals surface area contributed by atoms with Crippen molar-refractivity contribution in [3.8, 4) is 0 Å². The van der Waals surface area contributed by atoms with Gasteiger partial charge in [0.05, 0.1) is 18.6 Å². The number of rotatable bonds is 6. The molecular weight excluding hydrogens is 287 g/mol. The molecule has 0 amide bonds. The largest absolute Gasteiger partial charge is 0.463 e. The molecule has 1 unspecified atom stereocenters. The summed E-state index contributed by atoms with van der Waals surface area (Å²) in [4.78, 5) is 22.7. The molecule has 0 rings (SSSR count). The molecule has 19 heavy (non-hydrogen) atoms. The Bertz CT molecular complexity index is 402. The molecule has 0 fully saturated rings. The van der Waals surface area contributed by atoms with Gasteiger partial charge < -0.3 is 9.47 Å². The maximum absolute atomic E-state index is 11.5. The van der Waals surface area contributed by atoms with Gasteiger partial charge in [-0.05, 0) is 27.7 Å². The molecule has 1 atom stereocenters. The van der Waals surface area contributed by atoms with Crippen molar-refractivity contribution in [2.24, 2.45) is 0 Å². The van der Waals surface area contributed by atoms with Gasteiger partial charge in [0.25, 0.3) is 10.1 Å². The summed E-state index contributed by atoms with van der Waals surface area (Å²) in [6, 6.07) is 0. The van der Waals surface area contributed by atoms with Crippen molar-refractivity contribution in [3.05, 3.63) is 0 Å². The van der Waals surface area contributed by atoms with Crippen LogP contribution < -0.4 is 0 Å². The Labute approximate surface area is 135 Å². The van der Waals surface area contributed by atoms with E-state index in [1.54, 1.807) is 13.8 Å². The summed E-state index contributed by atoms with van der Waals surface area (Å²) in [6.07, 6.45) is -1.77. The summed E-state index contributed by atoms with van der Waals surface area (Å²) in [5, 5.41) is -1.95. The van der Waals surface area contributed by atoms with Gasteiger partial charge in [-0.2, -0.15) is 8.42 Å². The molecule has 0 aliphatic carbocycles. The molecule has 0 aromatic carbocycles. The predicted octanol–water partition coefficient (Wildman–Crippen LogP) is 0.155. The van der Waals surface area contributed by atoms with Crippen LogP contribution >= 0.6 is 0 Å². The Balaban J connectivity index is 0. The molecule has 9 heteroatoms. The van der Waals surface area contributed by atoms with Crippen LogP contribution in [0, 0.1) is 0 Å². The third-order valence-electron chi connectivity index (χ3n) is 1.69. The monoisotopic (exact) mass is 305 g/mol. The van der Waals surface area contributed by atoms with E-state index in [1.165, 1.54) is 13.8 Å². The number of hydrogen-bond donors (Lipinski definition) is 1. The van der Waals surface area contributed by atoms with Crippen LogP contribution in [0.25, 0.3) is 0 Å². The van der Waals surface area contributed by atoms with E-state index in [9.17, 15) is 18.0 Å². The van der Waals surface area contributed by atoms with Crippen LogP contribution in [0.15, 0.2) is 0 Å². The zero-order chi connectivity index (χ0) is 14.5. The third-order valence-corrected chi connectivity index (χ3v) is 2.77. The Kier molecular flexibility index (Phi) is 9.92. The first-order chi connectivity index (χ1) is 8.04. The Morgan fingerprint density at radius 3 is 1.79 bits per heavy atom. The van der Waals surface area contributed by atoms with Gasteiger partial charge in [-0.1, -0.05) is 0 Å². The zero-order valence-corrected chi connectivity index (χ0v) is 14.6. The zero-order valence-electron chi connectivity index (χ0n) is 11.7. The van der Waals surface area contributed by atoms with Gasteiger partial charge in [0.2, 0.25) is 0 Å². The summed E-state index contributed by atoms with van der Waals surface area (Å²) in [5.41, 5.74) is 0. The molecule has 0 spiro atoms. The minimum Gasteiger partial charge on any atom is -0.463 e. The van der Waals surface area contributed by atoms with Gasteiger partial charge >= 0.3 is 11.9 Å². The molecule has 0 saturated heterocycles. The molecule has 1 N–H and O–H groups in total. The van der Waals surface area contributed by atoms with Crippen molar-refractivity contribution >= 4 is 51.6 Å². The molecule has 0 aromatic rings. The van der Waals surface area contributed by atoms with E-state index in [0.717, 1.165) is 0 Å². The van der Waals surface area contributed by atoms with Gasteiger partial charge in [-0.15, -0.1) is 0 Å². The Morgan fingerprint density at radius 1 is 1.05 bits per heavy atom. The average Bonchev–Trinajstić information content (AvgIpc) is 2.09. The number of ether oxygens (including phenoxy) is 2. The van der Waals surface area contributed by atoms with Crippen LogP contribution in [0.2, 0.25) is 0 Å². The predicted molar refractivity (Wildman–Crippen MR) is 68.2 cm³/mol. The molecule has 0 heterocycles. The number of esters is 2. The first kappa shape index (κ1) is 21.2. The van der Waals surface area contributed by atoms with E-state index >= 15 is 0 Å². The summed E-state index contributed by atoms with van der Waals surface area (Å²) >= 11 is 0. The van der Waals surface area contributed by atoms with Crippen LogP contribution in [0.1, 0.15) is 34.1 Å². The second kappa shape index (κ2) is 8.91. The minimum atomic E-state index is -4.72. The quantitative estimate of drug-likeness (QED) is 0.423. The third kappa shape index (κ3) is 9.39. The summed E-state index contributed by atoms with van der Waals surface area (Å²) in [7, 11) is -4.72. The Hall–Kier alpha value is -0.150. The smallest absolute Gasteiger partial charge is 0.327 e. The van der Waals surface area contributed by atoms with E-state index in [-0.39, 0.29) is 29.6 Å². The van der Waals surface area contributed by atoms with Crippen LogP contribution in [0.4, 0.5) is 0 Å². The van der Waals surface area contributed by atoms with Crippen LogP contribution in [0.5, 0.6) is 0 Å². The minimum absolute atomic E-state index is 0. The first-order valence-electron chi connectivity index (χ1n) is 5.40. The molecule has 0 bridgehead atoms. The van der Waals surface area contributed by atoms with Gasteiger partial charge in [0.1, 0.15) is 0 Å². The van der Waals surface area contributed by atoms with E-state index < -0.39 is 45.9 Å². The summed E-state index contributed by atoms with van der Waals surface area (Å²) < 4.78 is 40.3. The molecule has 0 aliphatic heterocycles. The second-order valence-corrected chi connectivity index (χ2v) is 5.83. The van der Waals surface area contributed by atoms with Gasteiger partial charge in [-0.3, -0.25) is 14.1 Å². The van der Waals surface area contributed by atoms with E-state index in [0.29, 0.717) is 0 Å². The van der Waals surface area contributed by atoms with E-state index in [2.05, 4.69) is 4.74 Å². The molecule has 7 nitrogen and oxygen atoms in total. The van der Waals surface area contributed by atoms with Crippen molar-refractivity contribution in [2.75, 3.05) is 0 Å². The molecule has 0 saturated carbocycles. The maximum atomic E-state index is 11.5. The van der Waals surface area contributed by atoms with Gasteiger partial charge in [0.15, 0.2) is 5.25 Å². The van der Waals surface area contributed by atoms with Gasteiger partial charge in [0, 0.05) is 29.6 Å². The van der Waals surface area contributed by atoms with E-state index in [1.807, 2.05) is 0 Å². The van der Waals surface area contributed by atoms with Crippen molar-refractivity contribution < 1.29 is 32.0 Å². The number of hydrogen-bond acceptors (Lipinski definition) is 6. The fourth-order valence-electron chi connectivity index (χ4n) is 1.08. The number of carbonyl (C=O) groups is 2.